The molecule has 10 heteroatoms. The van der Waals surface area contributed by atoms with Crippen LogP contribution in [0.2, 0.25) is 0 Å². The zero-order valence-corrected chi connectivity index (χ0v) is 21.3. The molecule has 3 amide bonds. The van der Waals surface area contributed by atoms with E-state index in [0.29, 0.717) is 38.4 Å². The lowest BCUT2D eigenvalue weighted by atomic mass is 10.1. The van der Waals surface area contributed by atoms with E-state index in [1.807, 2.05) is 43.3 Å². The molecule has 0 aliphatic carbocycles. The number of nitrogens with zero attached hydrogens (tertiary/aromatic N) is 4. The number of piperidine rings is 1. The average molecular weight is 515 g/mol. The molecule has 0 radical (unpaired) electrons. The summed E-state index contributed by atoms with van der Waals surface area (Å²) in [5, 5.41) is 6.90. The Balaban J connectivity index is 1.33. The second-order valence-electron chi connectivity index (χ2n) is 9.38. The topological polar surface area (TPSA) is 99.7 Å². The lowest BCUT2D eigenvalue weighted by molar-refractivity contribution is 0.0917. The molecule has 5 heterocycles. The fourth-order valence-electron chi connectivity index (χ4n) is 4.99. The number of aromatic nitrogens is 2. The summed E-state index contributed by atoms with van der Waals surface area (Å²) in [4.78, 5) is 40.5. The second kappa shape index (κ2) is 9.45. The van der Waals surface area contributed by atoms with E-state index in [2.05, 4.69) is 32.5 Å². The third-order valence-electron chi connectivity index (χ3n) is 6.68. The van der Waals surface area contributed by atoms with Gasteiger partial charge in [0.2, 0.25) is 5.88 Å². The number of amides is 3. The minimum Gasteiger partial charge on any atom is -0.439 e. The van der Waals surface area contributed by atoms with Gasteiger partial charge in [-0.3, -0.25) is 9.69 Å². The second-order valence-corrected chi connectivity index (χ2v) is 10.4. The van der Waals surface area contributed by atoms with Gasteiger partial charge in [-0.15, -0.1) is 11.3 Å². The van der Waals surface area contributed by atoms with Crippen molar-refractivity contribution >= 4 is 50.6 Å². The Morgan fingerprint density at radius 1 is 1.16 bits per heavy atom. The first-order valence-corrected chi connectivity index (χ1v) is 13.0. The van der Waals surface area contributed by atoms with E-state index in [9.17, 15) is 9.59 Å². The van der Waals surface area contributed by atoms with Crippen LogP contribution in [-0.2, 0) is 0 Å². The van der Waals surface area contributed by atoms with E-state index in [4.69, 9.17) is 4.74 Å². The van der Waals surface area contributed by atoms with Crippen molar-refractivity contribution in [2.24, 2.45) is 0 Å². The molecule has 9 nitrogen and oxygen atoms in total. The number of pyridine rings is 2. The molecular weight excluding hydrogens is 488 g/mol. The average Bonchev–Trinajstić information content (AvgIpc) is 3.25. The predicted molar refractivity (Wildman–Crippen MR) is 144 cm³/mol. The number of benzene rings is 1. The van der Waals surface area contributed by atoms with E-state index >= 15 is 0 Å². The highest BCUT2D eigenvalue weighted by molar-refractivity contribution is 7.21. The minimum absolute atomic E-state index is 0.0846. The van der Waals surface area contributed by atoms with Crippen LogP contribution >= 0.6 is 11.3 Å². The Hall–Kier alpha value is -4.02. The fourth-order valence-corrected chi connectivity index (χ4v) is 6.01. The summed E-state index contributed by atoms with van der Waals surface area (Å²) in [6, 6.07) is 12.6. The molecule has 1 fully saturated rings. The number of thiophene rings is 1. The lowest BCUT2D eigenvalue weighted by Crippen LogP contribution is -2.46. The molecule has 3 aromatic heterocycles. The number of nitrogens with one attached hydrogen (secondary N) is 2. The number of hydrogen-bond donors (Lipinski definition) is 2. The predicted octanol–water partition coefficient (Wildman–Crippen LogP) is 5.30. The van der Waals surface area contributed by atoms with Crippen LogP contribution in [0.3, 0.4) is 0 Å². The van der Waals surface area contributed by atoms with Crippen LogP contribution in [0.5, 0.6) is 11.6 Å². The van der Waals surface area contributed by atoms with Crippen molar-refractivity contribution in [3.8, 4) is 11.6 Å². The van der Waals surface area contributed by atoms with Gasteiger partial charge in [-0.25, -0.2) is 14.8 Å². The number of aryl methyl sites for hydroxylation is 1. The van der Waals surface area contributed by atoms with Crippen molar-refractivity contribution in [1.29, 1.82) is 0 Å². The summed E-state index contributed by atoms with van der Waals surface area (Å²) < 4.78 is 5.85. The summed E-state index contributed by atoms with van der Waals surface area (Å²) in [6.07, 6.45) is 5.33. The number of carbonyl (C=O) groups excluding carboxylic acids is 2. The Labute approximate surface area is 218 Å². The Morgan fingerprint density at radius 3 is 2.84 bits per heavy atom. The quantitative estimate of drug-likeness (QED) is 0.375. The van der Waals surface area contributed by atoms with Crippen LogP contribution in [-0.4, -0.2) is 53.0 Å². The van der Waals surface area contributed by atoms with Crippen molar-refractivity contribution in [2.75, 3.05) is 30.4 Å². The molecular formula is C27H26N6O3S. The third-order valence-corrected chi connectivity index (χ3v) is 7.78. The van der Waals surface area contributed by atoms with E-state index in [1.165, 1.54) is 11.3 Å². The van der Waals surface area contributed by atoms with E-state index in [0.717, 1.165) is 36.9 Å². The van der Waals surface area contributed by atoms with Gasteiger partial charge in [-0.1, -0.05) is 6.07 Å². The van der Waals surface area contributed by atoms with Crippen LogP contribution in [0.15, 0.2) is 54.9 Å². The standard InChI is InChI=1S/C27H26N6O3S/c1-16-14-18(36-21-7-3-4-11-28-21)8-9-19(16)33-20-10-12-29-26-22(20)23(31-27(33)35)24(37-26)25(34)30-17-6-5-13-32(2)15-17/h3-4,7-12,14,17H,5-6,13,15H2,1-2H3,(H,30,34)(H,31,35)/t17-/m1/s1. The molecule has 0 unspecified atom stereocenters. The summed E-state index contributed by atoms with van der Waals surface area (Å²) >= 11 is 1.30. The number of hydrogen-bond acceptors (Lipinski definition) is 7. The smallest absolute Gasteiger partial charge is 0.331 e. The van der Waals surface area contributed by atoms with E-state index in [1.54, 1.807) is 23.4 Å². The molecule has 1 saturated heterocycles. The first-order valence-electron chi connectivity index (χ1n) is 12.2. The highest BCUT2D eigenvalue weighted by Crippen LogP contribution is 2.46. The number of carbonyl (C=O) groups is 2. The number of likely N-dealkylation sites (N-methyl/N-ethyl adjacent to an activating group) is 1. The summed E-state index contributed by atoms with van der Waals surface area (Å²) in [5.41, 5.74) is 2.79. The number of urea groups is 1. The van der Waals surface area contributed by atoms with Crippen LogP contribution in [0, 0.1) is 6.92 Å². The van der Waals surface area contributed by atoms with Gasteiger partial charge in [-0.2, -0.15) is 0 Å². The van der Waals surface area contributed by atoms with Crippen LogP contribution < -0.4 is 20.3 Å². The highest BCUT2D eigenvalue weighted by Gasteiger charge is 2.34. The molecule has 0 spiro atoms. The van der Waals surface area contributed by atoms with Gasteiger partial charge in [0, 0.05) is 31.0 Å². The largest absolute Gasteiger partial charge is 0.439 e. The molecule has 1 aromatic carbocycles. The third kappa shape index (κ3) is 4.38. The Kier molecular flexibility index (Phi) is 5.97. The first kappa shape index (κ1) is 23.4. The van der Waals surface area contributed by atoms with Crippen molar-refractivity contribution in [3.05, 3.63) is 65.3 Å². The number of likely N-dealkylation sites (tertiary alicyclic amines) is 1. The number of anilines is 3. The molecule has 1 atom stereocenters. The monoisotopic (exact) mass is 514 g/mol. The van der Waals surface area contributed by atoms with Gasteiger partial charge >= 0.3 is 6.03 Å². The molecule has 6 rings (SSSR count). The van der Waals surface area contributed by atoms with E-state index < -0.39 is 0 Å². The normalized spacial score (nSPS) is 17.5. The molecule has 2 aliphatic heterocycles. The first-order chi connectivity index (χ1) is 18.0. The molecule has 0 saturated carbocycles. The summed E-state index contributed by atoms with van der Waals surface area (Å²) in [7, 11) is 2.06. The van der Waals surface area contributed by atoms with Gasteiger partial charge < -0.3 is 20.3 Å². The minimum atomic E-state index is -0.327. The molecule has 2 aliphatic rings. The van der Waals surface area contributed by atoms with Gasteiger partial charge in [0.15, 0.2) is 0 Å². The molecule has 0 bridgehead atoms. The Morgan fingerprint density at radius 2 is 2.05 bits per heavy atom. The lowest BCUT2D eigenvalue weighted by Gasteiger charge is -2.31. The Bertz CT molecular complexity index is 1510. The SMILES string of the molecule is Cc1cc(Oc2ccccn2)ccc1N1C(=O)Nc2c(C(=O)N[C@@H]3CCCN(C)C3)sc3nccc1c23. The molecule has 2 N–H and O–H groups in total. The summed E-state index contributed by atoms with van der Waals surface area (Å²) in [6.45, 7) is 3.78. The van der Waals surface area contributed by atoms with Gasteiger partial charge in [0.1, 0.15) is 15.5 Å². The van der Waals surface area contributed by atoms with E-state index in [-0.39, 0.29) is 18.0 Å². The zero-order valence-electron chi connectivity index (χ0n) is 20.5. The molecule has 188 valence electrons. The van der Waals surface area contributed by atoms with Gasteiger partial charge in [-0.05, 0) is 69.3 Å². The van der Waals surface area contributed by atoms with Crippen LogP contribution in [0.1, 0.15) is 28.1 Å². The molecule has 37 heavy (non-hydrogen) atoms. The number of ether oxygens (including phenoxy) is 1. The van der Waals surface area contributed by atoms with Crippen molar-refractivity contribution < 1.29 is 14.3 Å². The van der Waals surface area contributed by atoms with Gasteiger partial charge in [0.25, 0.3) is 5.91 Å². The van der Waals surface area contributed by atoms with Crippen LogP contribution in [0.4, 0.5) is 21.9 Å². The molecule has 4 aromatic rings. The number of rotatable bonds is 5. The maximum Gasteiger partial charge on any atom is 0.331 e. The maximum atomic E-state index is 13.5. The highest BCUT2D eigenvalue weighted by atomic mass is 32.1. The van der Waals surface area contributed by atoms with Crippen molar-refractivity contribution in [3.63, 3.8) is 0 Å². The van der Waals surface area contributed by atoms with Crippen LogP contribution in [0.25, 0.3) is 10.2 Å². The summed E-state index contributed by atoms with van der Waals surface area (Å²) in [5.74, 6) is 0.945. The van der Waals surface area contributed by atoms with Gasteiger partial charge in [0.05, 0.1) is 22.4 Å². The zero-order chi connectivity index (χ0) is 25.5. The fraction of sp³-hybridized carbons (Fsp3) is 0.259. The van der Waals surface area contributed by atoms with Crippen molar-refractivity contribution in [1.82, 2.24) is 20.2 Å². The van der Waals surface area contributed by atoms with Crippen molar-refractivity contribution in [2.45, 2.75) is 25.8 Å². The maximum absolute atomic E-state index is 13.5.